The van der Waals surface area contributed by atoms with Crippen LogP contribution in [0.1, 0.15) is 25.8 Å². The number of rotatable bonds is 7. The highest BCUT2D eigenvalue weighted by molar-refractivity contribution is 7.90. The van der Waals surface area contributed by atoms with Gasteiger partial charge in [0.15, 0.2) is 9.84 Å². The quantitative estimate of drug-likeness (QED) is 0.661. The van der Waals surface area contributed by atoms with Crippen molar-refractivity contribution in [1.82, 2.24) is 4.90 Å². The van der Waals surface area contributed by atoms with Crippen molar-refractivity contribution in [2.45, 2.75) is 37.1 Å². The second-order valence-corrected chi connectivity index (χ2v) is 10.7. The SMILES string of the molecule is CC1(C)C[C@H](COc2ccc(S(C)(=O)=O)cc2)CN1CCc1cccc(Cl)c1. The third kappa shape index (κ3) is 5.49. The van der Waals surface area contributed by atoms with Gasteiger partial charge in [-0.15, -0.1) is 0 Å². The third-order valence-corrected chi connectivity index (χ3v) is 6.78. The zero-order valence-corrected chi connectivity index (χ0v) is 18.3. The Labute approximate surface area is 173 Å². The summed E-state index contributed by atoms with van der Waals surface area (Å²) in [5, 5.41) is 0.784. The average molecular weight is 422 g/mol. The van der Waals surface area contributed by atoms with Crippen LogP contribution in [0.25, 0.3) is 0 Å². The number of likely N-dealkylation sites (tertiary alicyclic amines) is 1. The fraction of sp³-hybridized carbons (Fsp3) is 0.455. The Morgan fingerprint density at radius 1 is 1.18 bits per heavy atom. The molecule has 0 spiro atoms. The lowest BCUT2D eigenvalue weighted by molar-refractivity contribution is 0.175. The molecular formula is C22H28ClNO3S. The van der Waals surface area contributed by atoms with Crippen molar-refractivity contribution in [1.29, 1.82) is 0 Å². The van der Waals surface area contributed by atoms with Crippen LogP contribution in [0.15, 0.2) is 53.4 Å². The zero-order chi connectivity index (χ0) is 20.4. The van der Waals surface area contributed by atoms with E-state index in [1.165, 1.54) is 11.8 Å². The van der Waals surface area contributed by atoms with Gasteiger partial charge in [0.05, 0.1) is 11.5 Å². The summed E-state index contributed by atoms with van der Waals surface area (Å²) in [5.41, 5.74) is 1.39. The molecule has 4 nitrogen and oxygen atoms in total. The maximum absolute atomic E-state index is 11.5. The van der Waals surface area contributed by atoms with Gasteiger partial charge in [-0.3, -0.25) is 4.90 Å². The average Bonchev–Trinajstić information content (AvgIpc) is 2.91. The maximum Gasteiger partial charge on any atom is 0.175 e. The maximum atomic E-state index is 11.5. The lowest BCUT2D eigenvalue weighted by Gasteiger charge is -2.31. The highest BCUT2D eigenvalue weighted by atomic mass is 35.5. The van der Waals surface area contributed by atoms with E-state index in [-0.39, 0.29) is 5.54 Å². The van der Waals surface area contributed by atoms with Crippen LogP contribution in [0.3, 0.4) is 0 Å². The van der Waals surface area contributed by atoms with Crippen LogP contribution >= 0.6 is 11.6 Å². The van der Waals surface area contributed by atoms with Gasteiger partial charge in [-0.25, -0.2) is 8.42 Å². The van der Waals surface area contributed by atoms with Gasteiger partial charge in [-0.2, -0.15) is 0 Å². The van der Waals surface area contributed by atoms with E-state index < -0.39 is 9.84 Å². The summed E-state index contributed by atoms with van der Waals surface area (Å²) in [6, 6.07) is 14.7. The van der Waals surface area contributed by atoms with Gasteiger partial charge < -0.3 is 4.74 Å². The van der Waals surface area contributed by atoms with Crippen LogP contribution in [0.2, 0.25) is 5.02 Å². The number of benzene rings is 2. The molecule has 28 heavy (non-hydrogen) atoms. The van der Waals surface area contributed by atoms with Gasteiger partial charge in [0, 0.05) is 35.8 Å². The first kappa shape index (κ1) is 21.2. The summed E-state index contributed by atoms with van der Waals surface area (Å²) in [5.74, 6) is 1.16. The van der Waals surface area contributed by atoms with Crippen LogP contribution in [0.4, 0.5) is 0 Å². The molecule has 6 heteroatoms. The molecule has 0 aliphatic carbocycles. The molecule has 1 aliphatic heterocycles. The fourth-order valence-electron chi connectivity index (χ4n) is 3.92. The molecule has 0 saturated carbocycles. The number of hydrogen-bond donors (Lipinski definition) is 0. The molecule has 1 atom stereocenters. The van der Waals surface area contributed by atoms with Crippen molar-refractivity contribution in [2.75, 3.05) is 26.0 Å². The Balaban J connectivity index is 1.53. The van der Waals surface area contributed by atoms with Crippen molar-refractivity contribution >= 4 is 21.4 Å². The molecular weight excluding hydrogens is 394 g/mol. The molecule has 2 aromatic rings. The smallest absolute Gasteiger partial charge is 0.175 e. The minimum atomic E-state index is -3.18. The predicted molar refractivity (Wildman–Crippen MR) is 114 cm³/mol. The minimum Gasteiger partial charge on any atom is -0.493 e. The first-order chi connectivity index (χ1) is 13.1. The van der Waals surface area contributed by atoms with Crippen LogP contribution < -0.4 is 4.74 Å². The molecule has 1 fully saturated rings. The van der Waals surface area contributed by atoms with Gasteiger partial charge in [-0.05, 0) is 68.7 Å². The topological polar surface area (TPSA) is 46.6 Å². The molecule has 1 aliphatic rings. The Kier molecular flexibility index (Phi) is 6.37. The largest absolute Gasteiger partial charge is 0.493 e. The Bertz CT molecular complexity index is 910. The number of sulfone groups is 1. The molecule has 1 heterocycles. The number of nitrogens with zero attached hydrogens (tertiary/aromatic N) is 1. The highest BCUT2D eigenvalue weighted by Crippen LogP contribution is 2.33. The van der Waals surface area contributed by atoms with Crippen LogP contribution in [-0.4, -0.2) is 44.8 Å². The van der Waals surface area contributed by atoms with Gasteiger partial charge >= 0.3 is 0 Å². The molecule has 0 bridgehead atoms. The molecule has 0 unspecified atom stereocenters. The summed E-state index contributed by atoms with van der Waals surface area (Å²) in [6.45, 7) is 7.19. The van der Waals surface area contributed by atoms with Crippen LogP contribution in [-0.2, 0) is 16.3 Å². The van der Waals surface area contributed by atoms with E-state index in [4.69, 9.17) is 16.3 Å². The van der Waals surface area contributed by atoms with E-state index in [1.807, 2.05) is 18.2 Å². The van der Waals surface area contributed by atoms with E-state index in [9.17, 15) is 8.42 Å². The van der Waals surface area contributed by atoms with E-state index in [0.717, 1.165) is 31.0 Å². The summed E-state index contributed by atoms with van der Waals surface area (Å²) in [6.07, 6.45) is 3.26. The van der Waals surface area contributed by atoms with Gasteiger partial charge in [-0.1, -0.05) is 23.7 Å². The molecule has 0 radical (unpaired) electrons. The Morgan fingerprint density at radius 2 is 1.89 bits per heavy atom. The number of ether oxygens (including phenoxy) is 1. The number of halogens is 1. The molecule has 152 valence electrons. The second kappa shape index (κ2) is 8.44. The van der Waals surface area contributed by atoms with Gasteiger partial charge in [0.25, 0.3) is 0 Å². The van der Waals surface area contributed by atoms with E-state index in [1.54, 1.807) is 24.3 Å². The molecule has 0 amide bonds. The Morgan fingerprint density at radius 3 is 2.54 bits per heavy atom. The molecule has 1 saturated heterocycles. The van der Waals surface area contributed by atoms with Crippen molar-refractivity contribution in [2.24, 2.45) is 5.92 Å². The lowest BCUT2D eigenvalue weighted by atomic mass is 9.97. The first-order valence-electron chi connectivity index (χ1n) is 9.56. The second-order valence-electron chi connectivity index (χ2n) is 8.26. The predicted octanol–water partition coefficient (Wildman–Crippen LogP) is 4.47. The van der Waals surface area contributed by atoms with Gasteiger partial charge in [0.1, 0.15) is 5.75 Å². The Hall–Kier alpha value is -1.56. The molecule has 3 rings (SSSR count). The zero-order valence-electron chi connectivity index (χ0n) is 16.7. The lowest BCUT2D eigenvalue weighted by Crippen LogP contribution is -2.39. The molecule has 0 aromatic heterocycles. The van der Waals surface area contributed by atoms with Crippen LogP contribution in [0, 0.1) is 5.92 Å². The van der Waals surface area contributed by atoms with E-state index >= 15 is 0 Å². The summed E-state index contributed by atoms with van der Waals surface area (Å²) in [4.78, 5) is 2.84. The number of hydrogen-bond acceptors (Lipinski definition) is 4. The van der Waals surface area contributed by atoms with E-state index in [2.05, 4.69) is 24.8 Å². The summed E-state index contributed by atoms with van der Waals surface area (Å²) < 4.78 is 29.0. The fourth-order valence-corrected chi connectivity index (χ4v) is 4.76. The van der Waals surface area contributed by atoms with Crippen molar-refractivity contribution in [3.05, 3.63) is 59.1 Å². The summed E-state index contributed by atoms with van der Waals surface area (Å²) in [7, 11) is -3.18. The summed E-state index contributed by atoms with van der Waals surface area (Å²) >= 11 is 6.09. The first-order valence-corrected chi connectivity index (χ1v) is 11.8. The highest BCUT2D eigenvalue weighted by Gasteiger charge is 2.38. The van der Waals surface area contributed by atoms with Crippen molar-refractivity contribution < 1.29 is 13.2 Å². The third-order valence-electron chi connectivity index (χ3n) is 5.42. The molecule has 0 N–H and O–H groups in total. The van der Waals surface area contributed by atoms with E-state index in [0.29, 0.717) is 23.2 Å². The van der Waals surface area contributed by atoms with Crippen molar-refractivity contribution in [3.63, 3.8) is 0 Å². The van der Waals surface area contributed by atoms with Crippen LogP contribution in [0.5, 0.6) is 5.75 Å². The standard InChI is InChI=1S/C22H28ClNO3S/c1-22(2)14-18(15-24(22)12-11-17-5-4-6-19(23)13-17)16-27-20-7-9-21(10-8-20)28(3,25)26/h4-10,13,18H,11-12,14-16H2,1-3H3/t18-/m0/s1. The van der Waals surface area contributed by atoms with Crippen molar-refractivity contribution in [3.8, 4) is 5.75 Å². The van der Waals surface area contributed by atoms with Gasteiger partial charge in [0.2, 0.25) is 0 Å². The normalized spacial score (nSPS) is 19.6. The minimum absolute atomic E-state index is 0.132. The monoisotopic (exact) mass is 421 g/mol. The molecule has 2 aromatic carbocycles.